The first kappa shape index (κ1) is 17.0. The van der Waals surface area contributed by atoms with Gasteiger partial charge in [-0.2, -0.15) is 8.78 Å². The number of alkyl halides is 2. The number of nitrogens with one attached hydrogen (secondary N) is 1. The fourth-order valence-electron chi connectivity index (χ4n) is 1.87. The van der Waals surface area contributed by atoms with Gasteiger partial charge in [-0.15, -0.1) is 0 Å². The molecular formula is C17H14ClF2NO2. The quantitative estimate of drug-likeness (QED) is 0.788. The van der Waals surface area contributed by atoms with Gasteiger partial charge >= 0.3 is 6.61 Å². The van der Waals surface area contributed by atoms with E-state index in [0.29, 0.717) is 16.3 Å². The monoisotopic (exact) mass is 337 g/mol. The number of ether oxygens (including phenoxy) is 1. The molecule has 0 unspecified atom stereocenters. The molecule has 0 saturated heterocycles. The van der Waals surface area contributed by atoms with Crippen LogP contribution in [0.1, 0.15) is 11.1 Å². The molecule has 0 aliphatic carbocycles. The molecular weight excluding hydrogens is 324 g/mol. The Morgan fingerprint density at radius 3 is 2.52 bits per heavy atom. The first-order valence-electron chi connectivity index (χ1n) is 6.74. The number of rotatable bonds is 5. The minimum atomic E-state index is -2.86. The Labute approximate surface area is 137 Å². The first-order chi connectivity index (χ1) is 10.9. The Bertz CT molecular complexity index is 715. The Morgan fingerprint density at radius 1 is 1.22 bits per heavy atom. The lowest BCUT2D eigenvalue weighted by atomic mass is 10.2. The molecule has 2 aromatic rings. The molecule has 120 valence electrons. The second kappa shape index (κ2) is 7.74. The summed E-state index contributed by atoms with van der Waals surface area (Å²) >= 11 is 5.86. The number of carbonyl (C=O) groups is 1. The Balaban J connectivity index is 1.97. The van der Waals surface area contributed by atoms with Gasteiger partial charge in [-0.3, -0.25) is 4.79 Å². The molecule has 0 atom stereocenters. The van der Waals surface area contributed by atoms with Gasteiger partial charge in [0.15, 0.2) is 0 Å². The van der Waals surface area contributed by atoms with Crippen molar-refractivity contribution >= 4 is 29.3 Å². The van der Waals surface area contributed by atoms with Crippen molar-refractivity contribution < 1.29 is 18.3 Å². The van der Waals surface area contributed by atoms with Gasteiger partial charge in [-0.05, 0) is 54.5 Å². The standard InChI is InChI=1S/C17H14ClF2NO2/c1-11-10-13(18)5-8-15(11)21-16(22)9-4-12-2-6-14(7-3-12)23-17(19)20/h2-10,17H,1H3,(H,21,22)/b9-4+. The van der Waals surface area contributed by atoms with E-state index in [9.17, 15) is 13.6 Å². The number of benzene rings is 2. The van der Waals surface area contributed by atoms with Crippen LogP contribution in [-0.2, 0) is 4.79 Å². The summed E-state index contributed by atoms with van der Waals surface area (Å²) in [6.45, 7) is -1.02. The molecule has 3 nitrogen and oxygen atoms in total. The number of carbonyl (C=O) groups excluding carboxylic acids is 1. The molecule has 0 radical (unpaired) electrons. The maximum absolute atomic E-state index is 12.0. The van der Waals surface area contributed by atoms with E-state index in [1.807, 2.05) is 6.92 Å². The fraction of sp³-hybridized carbons (Fsp3) is 0.118. The summed E-state index contributed by atoms with van der Waals surface area (Å²) in [5, 5.41) is 3.34. The number of aryl methyl sites for hydroxylation is 1. The lowest BCUT2D eigenvalue weighted by Gasteiger charge is -2.06. The van der Waals surface area contributed by atoms with E-state index in [2.05, 4.69) is 10.1 Å². The van der Waals surface area contributed by atoms with E-state index >= 15 is 0 Å². The summed E-state index contributed by atoms with van der Waals surface area (Å²) in [6, 6.07) is 11.1. The third kappa shape index (κ3) is 5.38. The molecule has 0 aromatic heterocycles. The van der Waals surface area contributed by atoms with E-state index in [0.717, 1.165) is 5.56 Å². The predicted octanol–water partition coefficient (Wildman–Crippen LogP) is 4.90. The Hall–Kier alpha value is -2.40. The van der Waals surface area contributed by atoms with Crippen LogP contribution in [0.4, 0.5) is 14.5 Å². The third-order valence-electron chi connectivity index (χ3n) is 2.98. The number of amides is 1. The van der Waals surface area contributed by atoms with Crippen molar-refractivity contribution in [3.05, 3.63) is 64.7 Å². The Morgan fingerprint density at radius 2 is 1.91 bits per heavy atom. The van der Waals surface area contributed by atoms with Crippen molar-refractivity contribution in [3.63, 3.8) is 0 Å². The minimum absolute atomic E-state index is 0.0680. The normalized spacial score (nSPS) is 11.0. The van der Waals surface area contributed by atoms with Crippen molar-refractivity contribution in [2.45, 2.75) is 13.5 Å². The van der Waals surface area contributed by atoms with Crippen LogP contribution in [0.15, 0.2) is 48.5 Å². The van der Waals surface area contributed by atoms with E-state index < -0.39 is 6.61 Å². The zero-order valence-corrected chi connectivity index (χ0v) is 13.0. The smallest absolute Gasteiger partial charge is 0.387 e. The van der Waals surface area contributed by atoms with E-state index in [-0.39, 0.29) is 11.7 Å². The average Bonchev–Trinajstić information content (AvgIpc) is 2.49. The zero-order chi connectivity index (χ0) is 16.8. The topological polar surface area (TPSA) is 38.3 Å². The van der Waals surface area contributed by atoms with Gasteiger partial charge in [0, 0.05) is 16.8 Å². The van der Waals surface area contributed by atoms with Gasteiger partial charge in [-0.25, -0.2) is 0 Å². The molecule has 0 heterocycles. The SMILES string of the molecule is Cc1cc(Cl)ccc1NC(=O)/C=C/c1ccc(OC(F)F)cc1. The zero-order valence-electron chi connectivity index (χ0n) is 12.2. The van der Waals surface area contributed by atoms with Crippen molar-refractivity contribution in [3.8, 4) is 5.75 Å². The lowest BCUT2D eigenvalue weighted by Crippen LogP contribution is -2.08. The highest BCUT2D eigenvalue weighted by atomic mass is 35.5. The number of halogens is 3. The molecule has 2 rings (SSSR count). The van der Waals surface area contributed by atoms with Crippen LogP contribution in [0.5, 0.6) is 5.75 Å². The Kier molecular flexibility index (Phi) is 5.71. The highest BCUT2D eigenvalue weighted by molar-refractivity contribution is 6.30. The van der Waals surface area contributed by atoms with Crippen LogP contribution in [-0.4, -0.2) is 12.5 Å². The van der Waals surface area contributed by atoms with Gasteiger partial charge in [-0.1, -0.05) is 23.7 Å². The van der Waals surface area contributed by atoms with E-state index in [4.69, 9.17) is 11.6 Å². The summed E-state index contributed by atoms with van der Waals surface area (Å²) in [5.74, 6) is -0.235. The molecule has 0 spiro atoms. The van der Waals surface area contributed by atoms with Crippen LogP contribution >= 0.6 is 11.6 Å². The number of hydrogen-bond donors (Lipinski definition) is 1. The van der Waals surface area contributed by atoms with Crippen LogP contribution < -0.4 is 10.1 Å². The second-order valence-corrected chi connectivity index (χ2v) is 5.17. The minimum Gasteiger partial charge on any atom is -0.435 e. The van der Waals surface area contributed by atoms with Crippen molar-refractivity contribution in [1.29, 1.82) is 0 Å². The number of anilines is 1. The molecule has 6 heteroatoms. The summed E-state index contributed by atoms with van der Waals surface area (Å²) in [5.41, 5.74) is 2.21. The van der Waals surface area contributed by atoms with Gasteiger partial charge in [0.1, 0.15) is 5.75 Å². The summed E-state index contributed by atoms with van der Waals surface area (Å²) in [7, 11) is 0. The molecule has 2 aromatic carbocycles. The first-order valence-corrected chi connectivity index (χ1v) is 7.12. The molecule has 0 saturated carbocycles. The van der Waals surface area contributed by atoms with Crippen LogP contribution in [0.3, 0.4) is 0 Å². The fourth-order valence-corrected chi connectivity index (χ4v) is 2.10. The summed E-state index contributed by atoms with van der Waals surface area (Å²) in [6.07, 6.45) is 2.93. The maximum atomic E-state index is 12.0. The highest BCUT2D eigenvalue weighted by Crippen LogP contribution is 2.20. The summed E-state index contributed by atoms with van der Waals surface area (Å²) < 4.78 is 28.3. The molecule has 0 aliphatic rings. The number of hydrogen-bond acceptors (Lipinski definition) is 2. The van der Waals surface area contributed by atoms with Gasteiger partial charge in [0.2, 0.25) is 5.91 Å². The molecule has 1 N–H and O–H groups in total. The molecule has 1 amide bonds. The molecule has 0 aliphatic heterocycles. The predicted molar refractivity (Wildman–Crippen MR) is 86.9 cm³/mol. The largest absolute Gasteiger partial charge is 0.435 e. The van der Waals surface area contributed by atoms with Crippen molar-refractivity contribution in [1.82, 2.24) is 0 Å². The second-order valence-electron chi connectivity index (χ2n) is 4.73. The molecule has 0 bridgehead atoms. The van der Waals surface area contributed by atoms with E-state index in [1.165, 1.54) is 18.2 Å². The van der Waals surface area contributed by atoms with Gasteiger partial charge in [0.25, 0.3) is 0 Å². The van der Waals surface area contributed by atoms with Crippen LogP contribution in [0.2, 0.25) is 5.02 Å². The van der Waals surface area contributed by atoms with Gasteiger partial charge < -0.3 is 10.1 Å². The van der Waals surface area contributed by atoms with Gasteiger partial charge in [0.05, 0.1) is 0 Å². The maximum Gasteiger partial charge on any atom is 0.387 e. The third-order valence-corrected chi connectivity index (χ3v) is 3.21. The lowest BCUT2D eigenvalue weighted by molar-refractivity contribution is -0.111. The van der Waals surface area contributed by atoms with Crippen molar-refractivity contribution in [2.75, 3.05) is 5.32 Å². The van der Waals surface area contributed by atoms with Crippen LogP contribution in [0, 0.1) is 6.92 Å². The molecule has 0 fully saturated rings. The summed E-state index contributed by atoms with van der Waals surface area (Å²) in [4.78, 5) is 11.9. The van der Waals surface area contributed by atoms with E-state index in [1.54, 1.807) is 36.4 Å². The highest BCUT2D eigenvalue weighted by Gasteiger charge is 2.04. The average molecular weight is 338 g/mol. The molecule has 23 heavy (non-hydrogen) atoms. The van der Waals surface area contributed by atoms with Crippen molar-refractivity contribution in [2.24, 2.45) is 0 Å². The van der Waals surface area contributed by atoms with Crippen LogP contribution in [0.25, 0.3) is 6.08 Å².